The highest BCUT2D eigenvalue weighted by molar-refractivity contribution is 7.21. The van der Waals surface area contributed by atoms with Crippen LogP contribution in [-0.2, 0) is 5.41 Å². The minimum absolute atomic E-state index is 0.0374. The molecule has 0 saturated heterocycles. The Morgan fingerprint density at radius 3 is 2.50 bits per heavy atom. The predicted molar refractivity (Wildman–Crippen MR) is 107 cm³/mol. The summed E-state index contributed by atoms with van der Waals surface area (Å²) < 4.78 is 2.32. The van der Waals surface area contributed by atoms with E-state index in [1.165, 1.54) is 31.6 Å². The summed E-state index contributed by atoms with van der Waals surface area (Å²) in [6, 6.07) is 17.4. The number of para-hydroxylation sites is 1. The van der Waals surface area contributed by atoms with Gasteiger partial charge in [-0.1, -0.05) is 24.3 Å². The van der Waals surface area contributed by atoms with Crippen LogP contribution in [0.5, 0.6) is 0 Å². The van der Waals surface area contributed by atoms with E-state index in [4.69, 9.17) is 0 Å². The van der Waals surface area contributed by atoms with E-state index in [0.29, 0.717) is 0 Å². The molecule has 0 N–H and O–H groups in total. The summed E-state index contributed by atoms with van der Waals surface area (Å²) in [6.45, 7) is 4.61. The fourth-order valence-electron chi connectivity index (χ4n) is 3.46. The minimum Gasteiger partial charge on any atom is -0.198 e. The largest absolute Gasteiger partial charge is 0.209 e. The smallest absolute Gasteiger partial charge is 0.198 e. The van der Waals surface area contributed by atoms with Gasteiger partial charge in [0, 0.05) is 32.3 Å². The molecule has 3 heteroatoms. The zero-order chi connectivity index (χ0) is 16.7. The molecule has 0 fully saturated rings. The highest BCUT2D eigenvalue weighted by atomic mass is 32.1. The third kappa shape index (κ3) is 2.48. The molecule has 0 aliphatic carbocycles. The maximum Gasteiger partial charge on any atom is 0.209 e. The normalized spacial score (nSPS) is 16.1. The van der Waals surface area contributed by atoms with E-state index in [2.05, 4.69) is 91.5 Å². The Hall–Kier alpha value is -1.97. The van der Waals surface area contributed by atoms with Crippen molar-refractivity contribution in [1.82, 2.24) is 0 Å². The summed E-state index contributed by atoms with van der Waals surface area (Å²) in [5.74, 6) is 0. The van der Waals surface area contributed by atoms with Crippen molar-refractivity contribution in [1.29, 1.82) is 0 Å². The molecule has 120 valence electrons. The van der Waals surface area contributed by atoms with Gasteiger partial charge < -0.3 is 0 Å². The number of rotatable bonds is 3. The van der Waals surface area contributed by atoms with Crippen molar-refractivity contribution >= 4 is 40.1 Å². The summed E-state index contributed by atoms with van der Waals surface area (Å²) in [5, 5.41) is 2.13. The average molecular weight is 351 g/mol. The molecule has 2 aromatic heterocycles. The van der Waals surface area contributed by atoms with E-state index in [0.717, 1.165) is 0 Å². The van der Waals surface area contributed by atoms with Gasteiger partial charge in [-0.05, 0) is 43.5 Å². The molecule has 0 bridgehead atoms. The van der Waals surface area contributed by atoms with Crippen LogP contribution in [0.25, 0.3) is 15.8 Å². The molecule has 0 saturated carbocycles. The summed E-state index contributed by atoms with van der Waals surface area (Å²) in [6.07, 6.45) is 4.53. The first-order valence-electron chi connectivity index (χ1n) is 8.10. The van der Waals surface area contributed by atoms with Crippen molar-refractivity contribution in [3.63, 3.8) is 0 Å². The fourth-order valence-corrected chi connectivity index (χ4v) is 5.20. The first-order chi connectivity index (χ1) is 11.6. The zero-order valence-corrected chi connectivity index (χ0v) is 15.7. The third-order valence-electron chi connectivity index (χ3n) is 4.74. The molecule has 1 nitrogen and oxygen atoms in total. The third-order valence-corrected chi connectivity index (χ3v) is 6.85. The number of hydrogen-bond acceptors (Lipinski definition) is 2. The molecule has 1 aliphatic heterocycles. The van der Waals surface area contributed by atoms with Crippen LogP contribution in [0.4, 0.5) is 5.69 Å². The monoisotopic (exact) mass is 350 g/mol. The van der Waals surface area contributed by atoms with E-state index in [9.17, 15) is 0 Å². The second-order valence-corrected chi connectivity index (χ2v) is 8.66. The second kappa shape index (κ2) is 5.83. The highest BCUT2D eigenvalue weighted by Crippen LogP contribution is 2.39. The predicted octanol–water partition coefficient (Wildman–Crippen LogP) is 6.20. The quantitative estimate of drug-likeness (QED) is 0.495. The molecule has 24 heavy (non-hydrogen) atoms. The van der Waals surface area contributed by atoms with Crippen LogP contribution in [0.2, 0.25) is 0 Å². The Morgan fingerprint density at radius 2 is 1.75 bits per heavy atom. The second-order valence-electron chi connectivity index (χ2n) is 6.60. The van der Waals surface area contributed by atoms with Crippen LogP contribution in [0, 0.1) is 0 Å². The molecule has 1 aliphatic rings. The Labute approximate surface area is 151 Å². The molecule has 0 atom stereocenters. The lowest BCUT2D eigenvalue weighted by Gasteiger charge is -2.15. The molecule has 3 aromatic rings. The number of hydrogen-bond donors (Lipinski definition) is 0. The van der Waals surface area contributed by atoms with Crippen LogP contribution in [-0.4, -0.2) is 17.3 Å². The lowest BCUT2D eigenvalue weighted by atomic mass is 9.81. The van der Waals surface area contributed by atoms with Crippen LogP contribution in [0.3, 0.4) is 0 Å². The van der Waals surface area contributed by atoms with E-state index in [1.807, 2.05) is 11.3 Å². The Kier molecular flexibility index (Phi) is 3.78. The number of allylic oxidation sites excluding steroid dienone is 1. The molecule has 0 radical (unpaired) electrons. The summed E-state index contributed by atoms with van der Waals surface area (Å²) in [4.78, 5) is 3.99. The molecule has 3 heterocycles. The van der Waals surface area contributed by atoms with Crippen molar-refractivity contribution < 1.29 is 4.58 Å². The first-order valence-corrected chi connectivity index (χ1v) is 9.79. The number of thiophene rings is 2. The van der Waals surface area contributed by atoms with Crippen LogP contribution in [0.1, 0.15) is 24.3 Å². The average Bonchev–Trinajstić information content (AvgIpc) is 3.28. The molecule has 0 unspecified atom stereocenters. The van der Waals surface area contributed by atoms with Gasteiger partial charge in [-0.25, -0.2) is 0 Å². The highest BCUT2D eigenvalue weighted by Gasteiger charge is 2.42. The molecular weight excluding hydrogens is 330 g/mol. The minimum atomic E-state index is 0.0374. The molecular formula is C21H20NS2+. The van der Waals surface area contributed by atoms with Gasteiger partial charge in [0.2, 0.25) is 5.69 Å². The molecule has 0 amide bonds. The zero-order valence-electron chi connectivity index (χ0n) is 14.1. The molecule has 0 spiro atoms. The summed E-state index contributed by atoms with van der Waals surface area (Å²) >= 11 is 3.65. The van der Waals surface area contributed by atoms with Gasteiger partial charge in [-0.15, -0.1) is 22.7 Å². The van der Waals surface area contributed by atoms with Gasteiger partial charge in [-0.3, -0.25) is 0 Å². The Morgan fingerprint density at radius 1 is 0.917 bits per heavy atom. The fraction of sp³-hybridized carbons (Fsp3) is 0.190. The molecule has 4 rings (SSSR count). The first kappa shape index (κ1) is 15.6. The molecule has 1 aromatic carbocycles. The van der Waals surface area contributed by atoms with E-state index in [1.54, 1.807) is 11.3 Å². The van der Waals surface area contributed by atoms with Crippen molar-refractivity contribution in [2.24, 2.45) is 0 Å². The Bertz CT molecular complexity index is 940. The van der Waals surface area contributed by atoms with Crippen LogP contribution in [0.15, 0.2) is 60.0 Å². The van der Waals surface area contributed by atoms with E-state index >= 15 is 0 Å². The van der Waals surface area contributed by atoms with Crippen molar-refractivity contribution in [2.45, 2.75) is 19.3 Å². The number of fused-ring (bicyclic) bond motifs is 1. The van der Waals surface area contributed by atoms with Crippen molar-refractivity contribution in [3.8, 4) is 9.75 Å². The van der Waals surface area contributed by atoms with Gasteiger partial charge in [-0.2, -0.15) is 4.58 Å². The lowest BCUT2D eigenvalue weighted by molar-refractivity contribution is -0.401. The summed E-state index contributed by atoms with van der Waals surface area (Å²) in [7, 11) is 2.17. The number of benzene rings is 1. The van der Waals surface area contributed by atoms with Crippen molar-refractivity contribution in [2.75, 3.05) is 7.05 Å². The van der Waals surface area contributed by atoms with Gasteiger partial charge in [0.25, 0.3) is 0 Å². The topological polar surface area (TPSA) is 3.01 Å². The van der Waals surface area contributed by atoms with Gasteiger partial charge in [0.1, 0.15) is 7.05 Å². The SMILES string of the molecule is C[N+]1=C(/C=C/c2ccc(-c3cccs3)s2)C(C)(C)c2ccccc21. The maximum atomic E-state index is 2.32. The van der Waals surface area contributed by atoms with E-state index < -0.39 is 0 Å². The lowest BCUT2D eigenvalue weighted by Crippen LogP contribution is -2.26. The van der Waals surface area contributed by atoms with Crippen LogP contribution < -0.4 is 0 Å². The maximum absolute atomic E-state index is 2.32. The van der Waals surface area contributed by atoms with Crippen LogP contribution >= 0.6 is 22.7 Å². The van der Waals surface area contributed by atoms with Gasteiger partial charge in [0.15, 0.2) is 5.71 Å². The Balaban J connectivity index is 1.66. The van der Waals surface area contributed by atoms with Crippen molar-refractivity contribution in [3.05, 3.63) is 70.4 Å². The summed E-state index contributed by atoms with van der Waals surface area (Å²) in [5.41, 5.74) is 4.09. The number of nitrogens with zero attached hydrogens (tertiary/aromatic N) is 1. The van der Waals surface area contributed by atoms with Gasteiger partial charge >= 0.3 is 0 Å². The standard InChI is InChI=1S/C21H20NS2/c1-21(2)16-7-4-5-8-17(16)22(3)20(21)13-11-15-10-12-19(24-15)18-9-6-14-23-18/h4-14H,1-3H3/q+1/b13-11+. The van der Waals surface area contributed by atoms with E-state index in [-0.39, 0.29) is 5.41 Å². The van der Waals surface area contributed by atoms with Gasteiger partial charge in [0.05, 0.1) is 5.41 Å².